The van der Waals surface area contributed by atoms with Crippen LogP contribution in [-0.4, -0.2) is 63.0 Å². The van der Waals surface area contributed by atoms with Gasteiger partial charge >= 0.3 is 0 Å². The van der Waals surface area contributed by atoms with Crippen LogP contribution >= 0.6 is 11.8 Å². The molecule has 0 saturated carbocycles. The van der Waals surface area contributed by atoms with Gasteiger partial charge in [-0.15, -0.1) is 0 Å². The minimum atomic E-state index is -0.126. The van der Waals surface area contributed by atoms with Gasteiger partial charge in [-0.3, -0.25) is 4.79 Å². The minimum absolute atomic E-state index is 0.110. The van der Waals surface area contributed by atoms with Crippen molar-refractivity contribution in [2.75, 3.05) is 32.1 Å². The lowest BCUT2D eigenvalue weighted by Gasteiger charge is -2.19. The number of aliphatic hydroxyl groups is 2. The number of H-pyrrole nitrogens is 1. The highest BCUT2D eigenvalue weighted by molar-refractivity contribution is 7.99. The molecule has 1 aromatic carbocycles. The maximum absolute atomic E-state index is 12.0. The Hall–Kier alpha value is -1.57. The summed E-state index contributed by atoms with van der Waals surface area (Å²) in [7, 11) is 0. The first-order chi connectivity index (χ1) is 9.74. The Kier molecular flexibility index (Phi) is 5.40. The molecule has 0 atom stereocenters. The fourth-order valence-electron chi connectivity index (χ4n) is 1.82. The smallest absolute Gasteiger partial charge is 0.233 e. The summed E-state index contributed by atoms with van der Waals surface area (Å²) in [6.45, 7) is 0.252. The van der Waals surface area contributed by atoms with Crippen LogP contribution in [0, 0.1) is 0 Å². The molecule has 7 heteroatoms. The zero-order valence-corrected chi connectivity index (χ0v) is 11.8. The van der Waals surface area contributed by atoms with E-state index in [9.17, 15) is 4.79 Å². The molecule has 3 N–H and O–H groups in total. The fraction of sp³-hybridized carbons (Fsp3) is 0.385. The van der Waals surface area contributed by atoms with E-state index < -0.39 is 0 Å². The van der Waals surface area contributed by atoms with Crippen LogP contribution in [0.3, 0.4) is 0 Å². The number of benzene rings is 1. The molecule has 108 valence electrons. The highest BCUT2D eigenvalue weighted by Crippen LogP contribution is 2.19. The molecule has 0 fully saturated rings. The quantitative estimate of drug-likeness (QED) is 0.646. The van der Waals surface area contributed by atoms with Gasteiger partial charge in [0.2, 0.25) is 5.91 Å². The third kappa shape index (κ3) is 3.72. The SMILES string of the molecule is O=C(CSc1nc2ccccc2[nH]1)N(CCO)CCO. The number of fused-ring (bicyclic) bond motifs is 1. The van der Waals surface area contributed by atoms with Crippen molar-refractivity contribution in [1.29, 1.82) is 0 Å². The van der Waals surface area contributed by atoms with Gasteiger partial charge in [-0.25, -0.2) is 4.98 Å². The molecule has 1 aromatic heterocycles. The number of thioether (sulfide) groups is 1. The number of aromatic amines is 1. The first-order valence-electron chi connectivity index (χ1n) is 6.31. The number of aliphatic hydroxyl groups excluding tert-OH is 2. The number of hydrogen-bond acceptors (Lipinski definition) is 5. The van der Waals surface area contributed by atoms with Crippen LogP contribution in [-0.2, 0) is 4.79 Å². The van der Waals surface area contributed by atoms with Gasteiger partial charge in [0.05, 0.1) is 30.0 Å². The van der Waals surface area contributed by atoms with Crippen molar-refractivity contribution < 1.29 is 15.0 Å². The number of aromatic nitrogens is 2. The van der Waals surface area contributed by atoms with E-state index in [0.717, 1.165) is 11.0 Å². The molecule has 1 amide bonds. The van der Waals surface area contributed by atoms with Crippen LogP contribution in [0.25, 0.3) is 11.0 Å². The van der Waals surface area contributed by atoms with Gasteiger partial charge in [-0.2, -0.15) is 0 Å². The van der Waals surface area contributed by atoms with Gasteiger partial charge in [0, 0.05) is 13.1 Å². The number of imidazole rings is 1. The second kappa shape index (κ2) is 7.28. The van der Waals surface area contributed by atoms with Crippen LogP contribution in [0.5, 0.6) is 0 Å². The summed E-state index contributed by atoms with van der Waals surface area (Å²) in [4.78, 5) is 20.9. The van der Waals surface area contributed by atoms with Gasteiger partial charge < -0.3 is 20.1 Å². The second-order valence-corrected chi connectivity index (χ2v) is 5.14. The average Bonchev–Trinajstić information content (AvgIpc) is 2.87. The first kappa shape index (κ1) is 14.8. The van der Waals surface area contributed by atoms with Gasteiger partial charge in [0.15, 0.2) is 5.16 Å². The number of nitrogens with one attached hydrogen (secondary N) is 1. The average molecular weight is 295 g/mol. The molecule has 0 aliphatic carbocycles. The Morgan fingerprint density at radius 1 is 1.25 bits per heavy atom. The van der Waals surface area contributed by atoms with Crippen molar-refractivity contribution in [3.8, 4) is 0 Å². The molecule has 0 saturated heterocycles. The van der Waals surface area contributed by atoms with Crippen molar-refractivity contribution in [3.05, 3.63) is 24.3 Å². The zero-order chi connectivity index (χ0) is 14.4. The van der Waals surface area contributed by atoms with E-state index in [0.29, 0.717) is 5.16 Å². The molecular formula is C13H17N3O3S. The molecule has 2 rings (SSSR count). The molecule has 0 radical (unpaired) electrons. The predicted molar refractivity (Wildman–Crippen MR) is 77.6 cm³/mol. The third-order valence-electron chi connectivity index (χ3n) is 2.79. The number of carbonyl (C=O) groups excluding carboxylic acids is 1. The zero-order valence-electron chi connectivity index (χ0n) is 11.0. The van der Waals surface area contributed by atoms with Crippen molar-refractivity contribution in [3.63, 3.8) is 0 Å². The lowest BCUT2D eigenvalue weighted by molar-refractivity contribution is -0.129. The van der Waals surface area contributed by atoms with E-state index >= 15 is 0 Å². The molecule has 0 aliphatic heterocycles. The number of para-hydroxylation sites is 2. The van der Waals surface area contributed by atoms with E-state index in [4.69, 9.17) is 10.2 Å². The van der Waals surface area contributed by atoms with E-state index in [1.807, 2.05) is 24.3 Å². The lowest BCUT2D eigenvalue weighted by atomic mass is 10.3. The van der Waals surface area contributed by atoms with E-state index in [2.05, 4.69) is 9.97 Å². The summed E-state index contributed by atoms with van der Waals surface area (Å²) in [5.74, 6) is 0.0957. The topological polar surface area (TPSA) is 89.5 Å². The number of carbonyl (C=O) groups is 1. The number of rotatable bonds is 7. The summed E-state index contributed by atoms with van der Waals surface area (Å²) >= 11 is 1.31. The molecule has 2 aromatic rings. The summed E-state index contributed by atoms with van der Waals surface area (Å²) in [5, 5.41) is 18.5. The van der Waals surface area contributed by atoms with Crippen LogP contribution in [0.2, 0.25) is 0 Å². The lowest BCUT2D eigenvalue weighted by Crippen LogP contribution is -2.37. The van der Waals surface area contributed by atoms with Crippen LogP contribution in [0.15, 0.2) is 29.4 Å². The summed E-state index contributed by atoms with van der Waals surface area (Å²) in [5.41, 5.74) is 1.80. The van der Waals surface area contributed by atoms with E-state index in [1.54, 1.807) is 0 Å². The Labute approximate surface area is 120 Å². The first-order valence-corrected chi connectivity index (χ1v) is 7.30. The van der Waals surface area contributed by atoms with E-state index in [1.165, 1.54) is 16.7 Å². The van der Waals surface area contributed by atoms with Gasteiger partial charge in [-0.05, 0) is 12.1 Å². The van der Waals surface area contributed by atoms with Crippen molar-refractivity contribution in [2.24, 2.45) is 0 Å². The summed E-state index contributed by atoms with van der Waals surface area (Å²) in [6.07, 6.45) is 0. The highest BCUT2D eigenvalue weighted by Gasteiger charge is 2.13. The molecule has 0 spiro atoms. The molecule has 0 aliphatic rings. The van der Waals surface area contributed by atoms with Crippen LogP contribution in [0.4, 0.5) is 0 Å². The molecule has 0 unspecified atom stereocenters. The monoisotopic (exact) mass is 295 g/mol. The highest BCUT2D eigenvalue weighted by atomic mass is 32.2. The third-order valence-corrected chi connectivity index (χ3v) is 3.65. The van der Waals surface area contributed by atoms with Gasteiger partial charge in [0.1, 0.15) is 0 Å². The fourth-order valence-corrected chi connectivity index (χ4v) is 2.61. The largest absolute Gasteiger partial charge is 0.395 e. The van der Waals surface area contributed by atoms with Crippen LogP contribution in [0.1, 0.15) is 0 Å². The predicted octanol–water partition coefficient (Wildman–Crippen LogP) is 0.468. The number of hydrogen-bond donors (Lipinski definition) is 3. The number of nitrogens with zero attached hydrogens (tertiary/aromatic N) is 2. The molecule has 1 heterocycles. The van der Waals surface area contributed by atoms with Gasteiger partial charge in [0.25, 0.3) is 0 Å². The Morgan fingerprint density at radius 2 is 1.95 bits per heavy atom. The summed E-state index contributed by atoms with van der Waals surface area (Å²) in [6, 6.07) is 7.66. The molecule has 20 heavy (non-hydrogen) atoms. The molecule has 6 nitrogen and oxygen atoms in total. The number of amides is 1. The maximum Gasteiger partial charge on any atom is 0.233 e. The van der Waals surface area contributed by atoms with E-state index in [-0.39, 0.29) is 38.0 Å². The van der Waals surface area contributed by atoms with Gasteiger partial charge in [-0.1, -0.05) is 23.9 Å². The Morgan fingerprint density at radius 3 is 2.60 bits per heavy atom. The van der Waals surface area contributed by atoms with Crippen molar-refractivity contribution in [1.82, 2.24) is 14.9 Å². The maximum atomic E-state index is 12.0. The van der Waals surface area contributed by atoms with Crippen LogP contribution < -0.4 is 0 Å². The summed E-state index contributed by atoms with van der Waals surface area (Å²) < 4.78 is 0. The Balaban J connectivity index is 1.94. The molecular weight excluding hydrogens is 278 g/mol. The molecule has 0 bridgehead atoms. The normalized spacial score (nSPS) is 10.9. The van der Waals surface area contributed by atoms with Crippen molar-refractivity contribution >= 4 is 28.7 Å². The standard InChI is InChI=1S/C13H17N3O3S/c17-7-5-16(6-8-18)12(19)9-20-13-14-10-3-1-2-4-11(10)15-13/h1-4,17-18H,5-9H2,(H,14,15). The minimum Gasteiger partial charge on any atom is -0.395 e. The van der Waals surface area contributed by atoms with Crippen molar-refractivity contribution in [2.45, 2.75) is 5.16 Å². The second-order valence-electron chi connectivity index (χ2n) is 4.18. The Bertz CT molecular complexity index is 534.